The van der Waals surface area contributed by atoms with Crippen molar-refractivity contribution in [3.63, 3.8) is 0 Å². The second-order valence-corrected chi connectivity index (χ2v) is 6.14. The lowest BCUT2D eigenvalue weighted by atomic mass is 9.95. The number of carbonyl (C=O) groups is 1. The minimum Gasteiger partial charge on any atom is -0.361 e. The van der Waals surface area contributed by atoms with E-state index in [0.717, 1.165) is 36.3 Å². The number of amides is 1. The fraction of sp³-hybridized carbons (Fsp3) is 0.438. The summed E-state index contributed by atoms with van der Waals surface area (Å²) in [6.45, 7) is 2.76. The van der Waals surface area contributed by atoms with Crippen LogP contribution in [0.15, 0.2) is 24.4 Å². The predicted octanol–water partition coefficient (Wildman–Crippen LogP) is 3.77. The van der Waals surface area contributed by atoms with Gasteiger partial charge in [0.2, 0.25) is 5.91 Å². The van der Waals surface area contributed by atoms with Crippen LogP contribution in [-0.2, 0) is 10.2 Å². The molecular weight excluding hydrogens is 272 g/mol. The van der Waals surface area contributed by atoms with Crippen LogP contribution in [0.4, 0.5) is 0 Å². The van der Waals surface area contributed by atoms with Gasteiger partial charge in [0.1, 0.15) is 0 Å². The highest BCUT2D eigenvalue weighted by Gasteiger charge is 2.45. The van der Waals surface area contributed by atoms with Crippen molar-refractivity contribution < 1.29 is 4.79 Å². The van der Waals surface area contributed by atoms with Gasteiger partial charge in [0.05, 0.1) is 0 Å². The number of aromatic nitrogens is 1. The molecule has 1 aromatic heterocycles. The Morgan fingerprint density at radius 2 is 2.25 bits per heavy atom. The van der Waals surface area contributed by atoms with E-state index < -0.39 is 0 Å². The van der Waals surface area contributed by atoms with Gasteiger partial charge in [0.15, 0.2) is 0 Å². The van der Waals surface area contributed by atoms with Crippen LogP contribution in [0.25, 0.3) is 10.9 Å². The van der Waals surface area contributed by atoms with E-state index in [1.165, 1.54) is 10.9 Å². The highest BCUT2D eigenvalue weighted by molar-refractivity contribution is 6.31. The number of H-pyrrole nitrogens is 1. The van der Waals surface area contributed by atoms with Crippen molar-refractivity contribution in [3.8, 4) is 0 Å². The number of halogens is 1. The van der Waals surface area contributed by atoms with Crippen molar-refractivity contribution in [2.24, 2.45) is 0 Å². The molecule has 0 aliphatic heterocycles. The van der Waals surface area contributed by atoms with E-state index in [1.54, 1.807) is 0 Å². The lowest BCUT2D eigenvalue weighted by Crippen LogP contribution is -2.31. The third-order valence-electron chi connectivity index (χ3n) is 4.17. The van der Waals surface area contributed by atoms with Crippen LogP contribution in [0.3, 0.4) is 0 Å². The molecule has 1 aliphatic carbocycles. The van der Waals surface area contributed by atoms with Crippen LogP contribution in [0.1, 0.15) is 38.2 Å². The highest BCUT2D eigenvalue weighted by atomic mass is 35.5. The van der Waals surface area contributed by atoms with E-state index in [4.69, 9.17) is 11.6 Å². The van der Waals surface area contributed by atoms with Crippen molar-refractivity contribution in [1.82, 2.24) is 10.3 Å². The number of hydrogen-bond donors (Lipinski definition) is 2. The molecule has 1 aromatic carbocycles. The van der Waals surface area contributed by atoms with E-state index in [9.17, 15) is 4.79 Å². The zero-order valence-corrected chi connectivity index (χ0v) is 12.4. The van der Waals surface area contributed by atoms with Gasteiger partial charge in [-0.3, -0.25) is 4.79 Å². The van der Waals surface area contributed by atoms with Crippen LogP contribution in [-0.4, -0.2) is 17.4 Å². The minimum absolute atomic E-state index is 0.121. The average Bonchev–Trinajstić information content (AvgIpc) is 3.10. The average molecular weight is 291 g/mol. The Hall–Kier alpha value is -1.48. The molecule has 0 unspecified atom stereocenters. The first-order chi connectivity index (χ1) is 9.64. The lowest BCUT2D eigenvalue weighted by molar-refractivity contribution is -0.121. The summed E-state index contributed by atoms with van der Waals surface area (Å²) in [6.07, 6.45) is 5.84. The first-order valence-electron chi connectivity index (χ1n) is 7.18. The molecule has 0 radical (unpaired) electrons. The Morgan fingerprint density at radius 1 is 1.45 bits per heavy atom. The van der Waals surface area contributed by atoms with Gasteiger partial charge in [-0.25, -0.2) is 0 Å². The van der Waals surface area contributed by atoms with Crippen LogP contribution < -0.4 is 5.32 Å². The van der Waals surface area contributed by atoms with Crippen LogP contribution in [0.5, 0.6) is 0 Å². The molecule has 20 heavy (non-hydrogen) atoms. The SMILES string of the molecule is CCCC(=O)NCC1(c2c[nH]c3cc(Cl)ccc23)CC1. The molecule has 106 valence electrons. The van der Waals surface area contributed by atoms with Gasteiger partial charge in [-0.2, -0.15) is 0 Å². The maximum atomic E-state index is 11.7. The number of carbonyl (C=O) groups excluding carboxylic acids is 1. The molecule has 1 fully saturated rings. The summed E-state index contributed by atoms with van der Waals surface area (Å²) in [4.78, 5) is 14.9. The number of rotatable bonds is 5. The van der Waals surface area contributed by atoms with E-state index in [0.29, 0.717) is 6.42 Å². The van der Waals surface area contributed by atoms with Gasteiger partial charge in [0, 0.05) is 40.5 Å². The third kappa shape index (κ3) is 2.42. The minimum atomic E-state index is 0.121. The fourth-order valence-electron chi connectivity index (χ4n) is 2.81. The van der Waals surface area contributed by atoms with E-state index in [-0.39, 0.29) is 11.3 Å². The smallest absolute Gasteiger partial charge is 0.220 e. The van der Waals surface area contributed by atoms with Crippen LogP contribution >= 0.6 is 11.6 Å². The van der Waals surface area contributed by atoms with Crippen molar-refractivity contribution >= 4 is 28.4 Å². The molecule has 4 heteroatoms. The summed E-state index contributed by atoms with van der Waals surface area (Å²) >= 11 is 6.02. The summed E-state index contributed by atoms with van der Waals surface area (Å²) in [5.74, 6) is 0.154. The molecular formula is C16H19ClN2O. The van der Waals surface area contributed by atoms with Crippen molar-refractivity contribution in [3.05, 3.63) is 35.0 Å². The molecule has 0 atom stereocenters. The van der Waals surface area contributed by atoms with E-state index in [1.807, 2.05) is 19.1 Å². The van der Waals surface area contributed by atoms with Gasteiger partial charge >= 0.3 is 0 Å². The highest BCUT2D eigenvalue weighted by Crippen LogP contribution is 2.50. The van der Waals surface area contributed by atoms with Crippen LogP contribution in [0, 0.1) is 0 Å². The Labute approximate surface area is 123 Å². The maximum Gasteiger partial charge on any atom is 0.220 e. The Kier molecular flexibility index (Phi) is 3.47. The molecule has 1 heterocycles. The van der Waals surface area contributed by atoms with Gasteiger partial charge in [0.25, 0.3) is 0 Å². The molecule has 2 N–H and O–H groups in total. The Balaban J connectivity index is 1.81. The first kappa shape index (κ1) is 13.5. The number of fused-ring (bicyclic) bond motifs is 1. The Morgan fingerprint density at radius 3 is 2.95 bits per heavy atom. The number of hydrogen-bond acceptors (Lipinski definition) is 1. The number of aromatic amines is 1. The zero-order chi connectivity index (χ0) is 14.2. The second kappa shape index (κ2) is 5.13. The standard InChI is InChI=1S/C16H19ClN2O/c1-2-3-15(20)19-10-16(6-7-16)13-9-18-14-8-11(17)4-5-12(13)14/h4-5,8-9,18H,2-3,6-7,10H2,1H3,(H,19,20). The van der Waals surface area contributed by atoms with Gasteiger partial charge < -0.3 is 10.3 Å². The fourth-order valence-corrected chi connectivity index (χ4v) is 2.98. The topological polar surface area (TPSA) is 44.9 Å². The summed E-state index contributed by atoms with van der Waals surface area (Å²) in [5.41, 5.74) is 2.50. The Bertz CT molecular complexity index is 643. The van der Waals surface area contributed by atoms with Gasteiger partial charge in [-0.1, -0.05) is 24.6 Å². The molecule has 2 aromatic rings. The summed E-state index contributed by atoms with van der Waals surface area (Å²) in [6, 6.07) is 5.94. The third-order valence-corrected chi connectivity index (χ3v) is 4.40. The summed E-state index contributed by atoms with van der Waals surface area (Å²) in [7, 11) is 0. The lowest BCUT2D eigenvalue weighted by Gasteiger charge is -2.15. The summed E-state index contributed by atoms with van der Waals surface area (Å²) in [5, 5.41) is 5.03. The predicted molar refractivity (Wildman–Crippen MR) is 82.1 cm³/mol. The van der Waals surface area contributed by atoms with Crippen molar-refractivity contribution in [2.45, 2.75) is 38.0 Å². The van der Waals surface area contributed by atoms with E-state index >= 15 is 0 Å². The monoisotopic (exact) mass is 290 g/mol. The van der Waals surface area contributed by atoms with Crippen molar-refractivity contribution in [1.29, 1.82) is 0 Å². The normalized spacial score (nSPS) is 16.3. The molecule has 1 saturated carbocycles. The largest absolute Gasteiger partial charge is 0.361 e. The molecule has 0 bridgehead atoms. The molecule has 1 aliphatic rings. The molecule has 1 amide bonds. The van der Waals surface area contributed by atoms with Gasteiger partial charge in [-0.05, 0) is 37.0 Å². The van der Waals surface area contributed by atoms with Gasteiger partial charge in [-0.15, -0.1) is 0 Å². The van der Waals surface area contributed by atoms with E-state index in [2.05, 4.69) is 22.6 Å². The summed E-state index contributed by atoms with van der Waals surface area (Å²) < 4.78 is 0. The number of benzene rings is 1. The van der Waals surface area contributed by atoms with Crippen molar-refractivity contribution in [2.75, 3.05) is 6.54 Å². The van der Waals surface area contributed by atoms with Crippen LogP contribution in [0.2, 0.25) is 5.02 Å². The molecule has 0 spiro atoms. The molecule has 3 nitrogen and oxygen atoms in total. The first-order valence-corrected chi connectivity index (χ1v) is 7.56. The number of nitrogens with one attached hydrogen (secondary N) is 2. The molecule has 0 saturated heterocycles. The quantitative estimate of drug-likeness (QED) is 0.865. The molecule has 3 rings (SSSR count). The zero-order valence-electron chi connectivity index (χ0n) is 11.6. The second-order valence-electron chi connectivity index (χ2n) is 5.70. The maximum absolute atomic E-state index is 11.7.